The predicted molar refractivity (Wildman–Crippen MR) is 91.8 cm³/mol. The van der Waals surface area contributed by atoms with Gasteiger partial charge in [-0.15, -0.1) is 10.2 Å². The van der Waals surface area contributed by atoms with Crippen LogP contribution in [0.1, 0.15) is 13.8 Å². The molecule has 0 aliphatic rings. The third-order valence-corrected chi connectivity index (χ3v) is 4.25. The summed E-state index contributed by atoms with van der Waals surface area (Å²) in [6.07, 6.45) is 0. The fourth-order valence-corrected chi connectivity index (χ4v) is 2.84. The Morgan fingerprint density at radius 3 is 2.17 bits per heavy atom. The van der Waals surface area contributed by atoms with Crippen LogP contribution in [0.15, 0.2) is 40.6 Å². The highest BCUT2D eigenvalue weighted by Crippen LogP contribution is 2.41. The second-order valence-electron chi connectivity index (χ2n) is 4.68. The van der Waals surface area contributed by atoms with Gasteiger partial charge in [-0.2, -0.15) is 0 Å². The Bertz CT molecular complexity index is 768. The molecule has 9 nitrogen and oxygen atoms in total. The van der Waals surface area contributed by atoms with Crippen LogP contribution < -0.4 is 4.90 Å². The zero-order chi connectivity index (χ0) is 17.7. The van der Waals surface area contributed by atoms with Crippen molar-refractivity contribution in [1.82, 2.24) is 0 Å². The summed E-state index contributed by atoms with van der Waals surface area (Å²) in [4.78, 5) is 22.4. The molecule has 2 rings (SSSR count). The molecule has 0 bridgehead atoms. The maximum absolute atomic E-state index is 10.9. The first-order chi connectivity index (χ1) is 11.5. The summed E-state index contributed by atoms with van der Waals surface area (Å²) in [5.41, 5.74) is 1.13. The molecule has 1 heterocycles. The molecular weight excluding hydrogens is 334 g/mol. The minimum Gasteiger partial charge on any atom is -0.372 e. The van der Waals surface area contributed by atoms with Crippen molar-refractivity contribution in [2.75, 3.05) is 18.0 Å². The van der Waals surface area contributed by atoms with Crippen LogP contribution in [0.3, 0.4) is 0 Å². The first-order valence-corrected chi connectivity index (χ1v) is 7.97. The minimum absolute atomic E-state index is 0.0977. The van der Waals surface area contributed by atoms with Crippen LogP contribution in [0, 0.1) is 20.2 Å². The lowest BCUT2D eigenvalue weighted by atomic mass is 10.2. The third-order valence-electron chi connectivity index (χ3n) is 3.29. The van der Waals surface area contributed by atoms with Crippen molar-refractivity contribution in [3.8, 4) is 0 Å². The van der Waals surface area contributed by atoms with E-state index in [-0.39, 0.29) is 10.0 Å². The van der Waals surface area contributed by atoms with Crippen molar-refractivity contribution in [3.05, 3.63) is 50.6 Å². The first-order valence-electron chi connectivity index (χ1n) is 7.15. The van der Waals surface area contributed by atoms with Gasteiger partial charge in [-0.25, -0.2) is 0 Å². The quantitative estimate of drug-likeness (QED) is 0.403. The summed E-state index contributed by atoms with van der Waals surface area (Å²) in [5, 5.41) is 29.0. The van der Waals surface area contributed by atoms with Gasteiger partial charge in [-0.05, 0) is 49.4 Å². The molecule has 126 valence electrons. The van der Waals surface area contributed by atoms with E-state index >= 15 is 0 Å². The maximum atomic E-state index is 10.9. The van der Waals surface area contributed by atoms with Crippen molar-refractivity contribution in [3.63, 3.8) is 0 Å². The minimum atomic E-state index is -0.707. The lowest BCUT2D eigenvalue weighted by Gasteiger charge is -2.20. The lowest BCUT2D eigenvalue weighted by molar-refractivity contribution is -0.389. The van der Waals surface area contributed by atoms with Crippen LogP contribution in [0.5, 0.6) is 0 Å². The van der Waals surface area contributed by atoms with Crippen LogP contribution >= 0.6 is 11.3 Å². The summed E-state index contributed by atoms with van der Waals surface area (Å²) in [5.74, 6) is 0. The van der Waals surface area contributed by atoms with Crippen LogP contribution in [-0.4, -0.2) is 22.9 Å². The van der Waals surface area contributed by atoms with Gasteiger partial charge < -0.3 is 4.90 Å². The van der Waals surface area contributed by atoms with Crippen LogP contribution in [-0.2, 0) is 0 Å². The third kappa shape index (κ3) is 3.90. The van der Waals surface area contributed by atoms with Crippen molar-refractivity contribution in [2.24, 2.45) is 10.2 Å². The average molecular weight is 349 g/mol. The fraction of sp³-hybridized carbons (Fsp3) is 0.286. The summed E-state index contributed by atoms with van der Waals surface area (Å²) < 4.78 is 0. The number of azo groups is 1. The molecule has 0 aliphatic carbocycles. The highest BCUT2D eigenvalue weighted by atomic mass is 32.1. The van der Waals surface area contributed by atoms with E-state index < -0.39 is 15.5 Å². The largest absolute Gasteiger partial charge is 0.372 e. The molecule has 10 heteroatoms. The predicted octanol–water partition coefficient (Wildman–Crippen LogP) is 4.83. The number of nitrogens with zero attached hydrogens (tertiary/aromatic N) is 5. The summed E-state index contributed by atoms with van der Waals surface area (Å²) in [6, 6.07) is 8.14. The number of thiophene rings is 1. The number of nitro groups is 2. The SMILES string of the molecule is CCN(CC)c1ccc(N=Nc2sc([N+](=O)[O-])cc2[N+](=O)[O-])cc1. The number of hydrogen-bond donors (Lipinski definition) is 0. The molecule has 0 amide bonds. The number of anilines is 1. The van der Waals surface area contributed by atoms with E-state index in [1.165, 1.54) is 0 Å². The van der Waals surface area contributed by atoms with Crippen molar-refractivity contribution < 1.29 is 9.85 Å². The maximum Gasteiger partial charge on any atom is 0.333 e. The molecule has 24 heavy (non-hydrogen) atoms. The average Bonchev–Trinajstić information content (AvgIpc) is 3.00. The molecule has 0 aliphatic heterocycles. The van der Waals surface area contributed by atoms with Gasteiger partial charge in [0.25, 0.3) is 0 Å². The smallest absolute Gasteiger partial charge is 0.333 e. The van der Waals surface area contributed by atoms with Crippen LogP contribution in [0.25, 0.3) is 0 Å². The summed E-state index contributed by atoms with van der Waals surface area (Å²) in [6.45, 7) is 5.87. The Hall–Kier alpha value is -2.88. The molecule has 0 fully saturated rings. The van der Waals surface area contributed by atoms with Crippen molar-refractivity contribution >= 4 is 38.4 Å². The molecule has 0 N–H and O–H groups in total. The Kier molecular flexibility index (Phi) is 5.53. The lowest BCUT2D eigenvalue weighted by Crippen LogP contribution is -2.21. The van der Waals surface area contributed by atoms with Gasteiger partial charge in [-0.1, -0.05) is 0 Å². The van der Waals surface area contributed by atoms with E-state index in [2.05, 4.69) is 29.0 Å². The molecule has 0 saturated heterocycles. The standard InChI is InChI=1S/C14H15N5O4S/c1-3-17(4-2)11-7-5-10(6-8-11)15-16-14-12(18(20)21)9-13(24-14)19(22)23/h5-9H,3-4H2,1-2H3. The summed E-state index contributed by atoms with van der Waals surface area (Å²) in [7, 11) is 0. The van der Waals surface area contributed by atoms with Gasteiger partial charge >= 0.3 is 10.7 Å². The number of hydrogen-bond acceptors (Lipinski definition) is 8. The molecular formula is C14H15N5O4S. The number of benzene rings is 1. The Balaban J connectivity index is 2.24. The topological polar surface area (TPSA) is 114 Å². The van der Waals surface area contributed by atoms with E-state index in [1.54, 1.807) is 12.1 Å². The molecule has 1 aromatic carbocycles. The molecule has 0 saturated carbocycles. The van der Waals surface area contributed by atoms with Gasteiger partial charge in [0, 0.05) is 18.8 Å². The van der Waals surface area contributed by atoms with E-state index in [4.69, 9.17) is 0 Å². The van der Waals surface area contributed by atoms with Gasteiger partial charge in [0.15, 0.2) is 0 Å². The molecule has 0 radical (unpaired) electrons. The highest BCUT2D eigenvalue weighted by Gasteiger charge is 2.25. The molecule has 0 atom stereocenters. The van der Waals surface area contributed by atoms with E-state index in [1.807, 2.05) is 12.1 Å². The fourth-order valence-electron chi connectivity index (χ4n) is 2.07. The van der Waals surface area contributed by atoms with Gasteiger partial charge in [-0.3, -0.25) is 20.2 Å². The van der Waals surface area contributed by atoms with E-state index in [9.17, 15) is 20.2 Å². The van der Waals surface area contributed by atoms with Crippen LogP contribution in [0.4, 0.5) is 27.1 Å². The zero-order valence-electron chi connectivity index (χ0n) is 13.1. The van der Waals surface area contributed by atoms with Gasteiger partial charge in [0.2, 0.25) is 5.00 Å². The Morgan fingerprint density at radius 2 is 1.67 bits per heavy atom. The summed E-state index contributed by atoms with van der Waals surface area (Å²) >= 11 is 0.621. The molecule has 0 unspecified atom stereocenters. The van der Waals surface area contributed by atoms with E-state index in [0.29, 0.717) is 17.0 Å². The Morgan fingerprint density at radius 1 is 1.04 bits per heavy atom. The highest BCUT2D eigenvalue weighted by molar-refractivity contribution is 7.19. The first kappa shape index (κ1) is 17.5. The van der Waals surface area contributed by atoms with Gasteiger partial charge in [0.1, 0.15) is 6.07 Å². The van der Waals surface area contributed by atoms with Crippen molar-refractivity contribution in [1.29, 1.82) is 0 Å². The zero-order valence-corrected chi connectivity index (χ0v) is 13.9. The van der Waals surface area contributed by atoms with Crippen LogP contribution in [0.2, 0.25) is 0 Å². The molecule has 0 spiro atoms. The second kappa shape index (κ2) is 7.59. The van der Waals surface area contributed by atoms with E-state index in [0.717, 1.165) is 24.8 Å². The second-order valence-corrected chi connectivity index (χ2v) is 5.69. The number of rotatable bonds is 7. The monoisotopic (exact) mass is 349 g/mol. The molecule has 2 aromatic rings. The molecule has 1 aromatic heterocycles. The Labute approximate surface area is 141 Å². The van der Waals surface area contributed by atoms with Gasteiger partial charge in [0.05, 0.1) is 15.5 Å². The normalized spacial score (nSPS) is 10.9. The van der Waals surface area contributed by atoms with Crippen molar-refractivity contribution in [2.45, 2.75) is 13.8 Å².